The molecular weight excluding hydrogens is 242 g/mol. The van der Waals surface area contributed by atoms with Crippen molar-refractivity contribution in [2.24, 2.45) is 0 Å². The molecule has 0 saturated carbocycles. The van der Waals surface area contributed by atoms with Crippen molar-refractivity contribution >= 4 is 11.4 Å². The first-order chi connectivity index (χ1) is 6.10. The smallest absolute Gasteiger partial charge is 0.259 e. The van der Waals surface area contributed by atoms with Gasteiger partial charge in [0.2, 0.25) is 0 Å². The van der Waals surface area contributed by atoms with Gasteiger partial charge in [-0.1, -0.05) is 0 Å². The van der Waals surface area contributed by atoms with Crippen molar-refractivity contribution in [2.75, 3.05) is 13.2 Å². The van der Waals surface area contributed by atoms with Crippen LogP contribution in [0.15, 0.2) is 0 Å². The molecule has 0 bridgehead atoms. The zero-order valence-corrected chi connectivity index (χ0v) is 7.13. The fourth-order valence-electron chi connectivity index (χ4n) is 0.264. The number of hydrogen-bond acceptors (Lipinski definition) is 3. The summed E-state index contributed by atoms with van der Waals surface area (Å²) in [6.07, 6.45) is -9.53. The molecule has 0 aromatic heterocycles. The largest absolute Gasteiger partial charge is 0.413 e. The average molecular weight is 246 g/mol. The maximum absolute atomic E-state index is 11.4. The second-order valence-corrected chi connectivity index (χ2v) is 2.84. The van der Waals surface area contributed by atoms with Crippen LogP contribution in [-0.2, 0) is 19.7 Å². The van der Waals surface area contributed by atoms with E-state index in [9.17, 15) is 30.6 Å². The van der Waals surface area contributed by atoms with Crippen LogP contribution in [0.3, 0.4) is 0 Å². The first-order valence-electron chi connectivity index (χ1n) is 2.92. The van der Waals surface area contributed by atoms with Crippen molar-refractivity contribution < 1.29 is 38.9 Å². The summed E-state index contributed by atoms with van der Waals surface area (Å²) in [4.78, 5) is 0. The van der Waals surface area contributed by atoms with Gasteiger partial charge in [-0.2, -0.15) is 30.6 Å². The third-order valence-electron chi connectivity index (χ3n) is 0.638. The second kappa shape index (κ2) is 4.94. The number of hydrogen-bond donors (Lipinski definition) is 0. The maximum Gasteiger partial charge on any atom is 0.413 e. The lowest BCUT2D eigenvalue weighted by Crippen LogP contribution is -2.22. The quantitative estimate of drug-likeness (QED) is 0.708. The van der Waals surface area contributed by atoms with Crippen molar-refractivity contribution in [3.05, 3.63) is 0 Å². The first-order valence-corrected chi connectivity index (χ1v) is 3.92. The normalized spacial score (nSPS) is 13.6. The number of halogens is 6. The molecule has 0 aromatic carbocycles. The van der Waals surface area contributed by atoms with Crippen LogP contribution in [-0.4, -0.2) is 29.8 Å². The van der Waals surface area contributed by atoms with Gasteiger partial charge in [0.1, 0.15) is 0 Å². The van der Waals surface area contributed by atoms with E-state index in [-0.39, 0.29) is 0 Å². The number of alkyl halides is 6. The molecule has 0 aliphatic heterocycles. The van der Waals surface area contributed by atoms with E-state index in [0.717, 1.165) is 0 Å². The molecule has 0 aliphatic rings. The van der Waals surface area contributed by atoms with E-state index in [1.165, 1.54) is 0 Å². The van der Waals surface area contributed by atoms with Crippen molar-refractivity contribution in [3.63, 3.8) is 0 Å². The Morgan fingerprint density at radius 3 is 1.36 bits per heavy atom. The van der Waals surface area contributed by atoms with Crippen LogP contribution in [0.25, 0.3) is 0 Å². The Balaban J connectivity index is 3.68. The molecule has 0 radical (unpaired) electrons. The SMILES string of the molecule is O=S(OCC(F)(F)F)OCC(F)(F)F. The highest BCUT2D eigenvalue weighted by Crippen LogP contribution is 2.17. The van der Waals surface area contributed by atoms with Gasteiger partial charge in [0.05, 0.1) is 0 Å². The third kappa shape index (κ3) is 9.74. The molecule has 10 heteroatoms. The van der Waals surface area contributed by atoms with E-state index in [2.05, 4.69) is 8.37 Å². The van der Waals surface area contributed by atoms with Crippen LogP contribution in [0.1, 0.15) is 0 Å². The molecule has 0 rings (SSSR count). The van der Waals surface area contributed by atoms with Gasteiger partial charge in [-0.05, 0) is 0 Å². The molecule has 0 fully saturated rings. The number of rotatable bonds is 4. The molecule has 0 N–H and O–H groups in total. The second-order valence-electron chi connectivity index (χ2n) is 1.96. The van der Waals surface area contributed by atoms with Crippen molar-refractivity contribution in [2.45, 2.75) is 12.4 Å². The summed E-state index contributed by atoms with van der Waals surface area (Å²) in [5.74, 6) is 0. The summed E-state index contributed by atoms with van der Waals surface area (Å²) in [6, 6.07) is 0. The van der Waals surface area contributed by atoms with Crippen LogP contribution in [0.4, 0.5) is 26.3 Å². The molecule has 0 heterocycles. The van der Waals surface area contributed by atoms with Gasteiger partial charge < -0.3 is 0 Å². The zero-order valence-electron chi connectivity index (χ0n) is 6.31. The lowest BCUT2D eigenvalue weighted by atomic mass is 10.7. The van der Waals surface area contributed by atoms with Crippen LogP contribution in [0.5, 0.6) is 0 Å². The monoisotopic (exact) mass is 246 g/mol. The molecule has 0 amide bonds. The van der Waals surface area contributed by atoms with E-state index < -0.39 is 36.9 Å². The molecular formula is C4H4F6O3S. The summed E-state index contributed by atoms with van der Waals surface area (Å²) in [7, 11) is 0. The minimum absolute atomic E-state index is 1.93. The van der Waals surface area contributed by atoms with Crippen LogP contribution >= 0.6 is 0 Å². The highest BCUT2D eigenvalue weighted by molar-refractivity contribution is 7.75. The Morgan fingerprint density at radius 1 is 0.857 bits per heavy atom. The Hall–Kier alpha value is -0.350. The molecule has 0 spiro atoms. The first kappa shape index (κ1) is 13.7. The standard InChI is InChI=1S/C4H4F6O3S/c5-3(6,7)1-12-14(11)13-2-4(8,9)10/h1-2H2. The summed E-state index contributed by atoms with van der Waals surface area (Å²) >= 11 is -3.05. The molecule has 0 aromatic rings. The summed E-state index contributed by atoms with van der Waals surface area (Å²) in [5.41, 5.74) is 0. The molecule has 0 atom stereocenters. The maximum atomic E-state index is 11.4. The van der Waals surface area contributed by atoms with Crippen LogP contribution in [0.2, 0.25) is 0 Å². The zero-order chi connectivity index (χ0) is 11.4. The minimum atomic E-state index is -4.77. The van der Waals surface area contributed by atoms with Gasteiger partial charge in [0, 0.05) is 0 Å². The fourth-order valence-corrected chi connectivity index (χ4v) is 0.792. The summed E-state index contributed by atoms with van der Waals surface area (Å²) in [5, 5.41) is 0. The molecule has 3 nitrogen and oxygen atoms in total. The molecule has 0 saturated heterocycles. The van der Waals surface area contributed by atoms with Crippen molar-refractivity contribution in [3.8, 4) is 0 Å². The average Bonchev–Trinajstić information content (AvgIpc) is 1.94. The van der Waals surface area contributed by atoms with Crippen molar-refractivity contribution in [1.29, 1.82) is 0 Å². The van der Waals surface area contributed by atoms with E-state index in [0.29, 0.717) is 0 Å². The predicted octanol–water partition coefficient (Wildman–Crippen LogP) is 1.72. The topological polar surface area (TPSA) is 35.5 Å². The fraction of sp³-hybridized carbons (Fsp3) is 1.00. The highest BCUT2D eigenvalue weighted by atomic mass is 32.2. The van der Waals surface area contributed by atoms with Gasteiger partial charge >= 0.3 is 23.7 Å². The van der Waals surface area contributed by atoms with Gasteiger partial charge in [0.15, 0.2) is 13.2 Å². The van der Waals surface area contributed by atoms with E-state index >= 15 is 0 Å². The Bertz CT molecular complexity index is 178. The van der Waals surface area contributed by atoms with E-state index in [4.69, 9.17) is 0 Å². The van der Waals surface area contributed by atoms with Crippen LogP contribution < -0.4 is 0 Å². The molecule has 0 aliphatic carbocycles. The summed E-state index contributed by atoms with van der Waals surface area (Å²) < 4.78 is 85.2. The summed E-state index contributed by atoms with van der Waals surface area (Å²) in [6.45, 7) is -3.87. The van der Waals surface area contributed by atoms with Gasteiger partial charge in [-0.3, -0.25) is 8.37 Å². The Kier molecular flexibility index (Phi) is 4.81. The van der Waals surface area contributed by atoms with Crippen LogP contribution in [0, 0.1) is 0 Å². The van der Waals surface area contributed by atoms with Gasteiger partial charge in [-0.15, -0.1) is 0 Å². The lowest BCUT2D eigenvalue weighted by molar-refractivity contribution is -0.161. The molecule has 0 unspecified atom stereocenters. The minimum Gasteiger partial charge on any atom is -0.259 e. The highest BCUT2D eigenvalue weighted by Gasteiger charge is 2.32. The third-order valence-corrected chi connectivity index (χ3v) is 1.26. The van der Waals surface area contributed by atoms with Gasteiger partial charge in [0.25, 0.3) is 0 Å². The van der Waals surface area contributed by atoms with Gasteiger partial charge in [-0.25, -0.2) is 0 Å². The predicted molar refractivity (Wildman–Crippen MR) is 32.2 cm³/mol. The van der Waals surface area contributed by atoms with E-state index in [1.54, 1.807) is 0 Å². The van der Waals surface area contributed by atoms with Crippen molar-refractivity contribution in [1.82, 2.24) is 0 Å². The molecule has 14 heavy (non-hydrogen) atoms. The lowest BCUT2D eigenvalue weighted by Gasteiger charge is -2.07. The van der Waals surface area contributed by atoms with E-state index in [1.807, 2.05) is 0 Å². The Labute approximate surface area is 76.8 Å². The molecule has 86 valence electrons. The Morgan fingerprint density at radius 2 is 1.14 bits per heavy atom.